The van der Waals surface area contributed by atoms with E-state index in [1.54, 1.807) is 0 Å². The Balaban J connectivity index is 2.06. The molecule has 0 unspecified atom stereocenters. The Morgan fingerprint density at radius 2 is 2.36 bits per heavy atom. The normalized spacial score (nSPS) is 27.1. The van der Waals surface area contributed by atoms with Crippen LogP contribution in [-0.4, -0.2) is 15.8 Å². The van der Waals surface area contributed by atoms with Gasteiger partial charge in [-0.05, 0) is 38.2 Å². The van der Waals surface area contributed by atoms with Gasteiger partial charge in [0, 0.05) is 18.8 Å². The van der Waals surface area contributed by atoms with Crippen LogP contribution in [0, 0.1) is 12.8 Å². The number of hydrogen-bond donors (Lipinski definition) is 1. The summed E-state index contributed by atoms with van der Waals surface area (Å²) in [7, 11) is 2.02. The van der Waals surface area contributed by atoms with Crippen LogP contribution in [0.2, 0.25) is 0 Å². The molecule has 0 aromatic carbocycles. The Kier molecular flexibility index (Phi) is 2.59. The molecule has 1 saturated carbocycles. The molecular formula is C11H19N3. The average molecular weight is 193 g/mol. The number of nitrogens with two attached hydrogens (primary N) is 1. The van der Waals surface area contributed by atoms with Crippen molar-refractivity contribution in [3.05, 3.63) is 17.5 Å². The molecule has 1 fully saturated rings. The zero-order valence-corrected chi connectivity index (χ0v) is 9.03. The highest BCUT2D eigenvalue weighted by molar-refractivity contribution is 5.10. The molecule has 1 aromatic heterocycles. The molecule has 0 saturated heterocycles. The minimum atomic E-state index is 0.408. The summed E-state index contributed by atoms with van der Waals surface area (Å²) in [6.45, 7) is 2.04. The Hall–Kier alpha value is -0.830. The van der Waals surface area contributed by atoms with Gasteiger partial charge in [0.15, 0.2) is 0 Å². The van der Waals surface area contributed by atoms with E-state index in [0.717, 1.165) is 12.1 Å². The van der Waals surface area contributed by atoms with Crippen LogP contribution in [0.4, 0.5) is 0 Å². The Morgan fingerprint density at radius 3 is 2.86 bits per heavy atom. The Labute approximate surface area is 85.3 Å². The SMILES string of the molecule is Cc1cc(C[C@H]2CCC[C@@H]2N)n(C)n1. The van der Waals surface area contributed by atoms with Gasteiger partial charge in [-0.15, -0.1) is 0 Å². The molecule has 0 aliphatic heterocycles. The molecule has 0 radical (unpaired) electrons. The van der Waals surface area contributed by atoms with E-state index in [1.807, 2.05) is 18.7 Å². The lowest BCUT2D eigenvalue weighted by Crippen LogP contribution is -2.26. The summed E-state index contributed by atoms with van der Waals surface area (Å²) in [4.78, 5) is 0. The van der Waals surface area contributed by atoms with Gasteiger partial charge < -0.3 is 5.73 Å². The zero-order valence-electron chi connectivity index (χ0n) is 9.03. The predicted octanol–water partition coefficient (Wildman–Crippen LogP) is 1.40. The van der Waals surface area contributed by atoms with Crippen molar-refractivity contribution in [3.63, 3.8) is 0 Å². The molecule has 3 heteroatoms. The maximum Gasteiger partial charge on any atom is 0.0596 e. The van der Waals surface area contributed by atoms with Gasteiger partial charge in [-0.2, -0.15) is 5.10 Å². The highest BCUT2D eigenvalue weighted by Gasteiger charge is 2.24. The van der Waals surface area contributed by atoms with Crippen molar-refractivity contribution in [1.82, 2.24) is 9.78 Å². The van der Waals surface area contributed by atoms with Crippen molar-refractivity contribution in [1.29, 1.82) is 0 Å². The van der Waals surface area contributed by atoms with Crippen molar-refractivity contribution in [3.8, 4) is 0 Å². The number of rotatable bonds is 2. The summed E-state index contributed by atoms with van der Waals surface area (Å²) in [6, 6.07) is 2.58. The van der Waals surface area contributed by atoms with Gasteiger partial charge in [0.25, 0.3) is 0 Å². The summed E-state index contributed by atoms with van der Waals surface area (Å²) in [5.74, 6) is 0.671. The van der Waals surface area contributed by atoms with E-state index in [1.165, 1.54) is 25.0 Å². The summed E-state index contributed by atoms with van der Waals surface area (Å²) < 4.78 is 1.99. The van der Waals surface area contributed by atoms with Gasteiger partial charge in [0.05, 0.1) is 5.69 Å². The Bertz CT molecular complexity index is 316. The first-order valence-electron chi connectivity index (χ1n) is 5.42. The highest BCUT2D eigenvalue weighted by Crippen LogP contribution is 2.27. The molecule has 0 spiro atoms. The third-order valence-corrected chi connectivity index (χ3v) is 3.29. The number of aromatic nitrogens is 2. The molecule has 0 amide bonds. The minimum absolute atomic E-state index is 0.408. The van der Waals surface area contributed by atoms with Crippen LogP contribution in [-0.2, 0) is 13.5 Å². The molecule has 1 heterocycles. The molecule has 2 atom stereocenters. The second-order valence-corrected chi connectivity index (χ2v) is 4.46. The standard InChI is InChI=1S/C11H19N3/c1-8-6-10(14(2)13-8)7-9-4-3-5-11(9)12/h6,9,11H,3-5,7,12H2,1-2H3/t9-,11+/m1/s1. The predicted molar refractivity (Wildman–Crippen MR) is 57.0 cm³/mol. The van der Waals surface area contributed by atoms with Crippen molar-refractivity contribution >= 4 is 0 Å². The molecular weight excluding hydrogens is 174 g/mol. The second kappa shape index (κ2) is 3.73. The lowest BCUT2D eigenvalue weighted by Gasteiger charge is -2.14. The maximum absolute atomic E-state index is 6.05. The molecule has 1 aliphatic carbocycles. The molecule has 2 N–H and O–H groups in total. The number of aryl methyl sites for hydroxylation is 2. The third-order valence-electron chi connectivity index (χ3n) is 3.29. The zero-order chi connectivity index (χ0) is 10.1. The van der Waals surface area contributed by atoms with Crippen molar-refractivity contribution in [2.75, 3.05) is 0 Å². The first-order chi connectivity index (χ1) is 6.66. The minimum Gasteiger partial charge on any atom is -0.327 e. The van der Waals surface area contributed by atoms with Crippen LogP contribution in [0.25, 0.3) is 0 Å². The monoisotopic (exact) mass is 193 g/mol. The summed E-state index contributed by atoms with van der Waals surface area (Å²) >= 11 is 0. The molecule has 14 heavy (non-hydrogen) atoms. The van der Waals surface area contributed by atoms with Gasteiger partial charge in [0.2, 0.25) is 0 Å². The second-order valence-electron chi connectivity index (χ2n) is 4.46. The van der Waals surface area contributed by atoms with Crippen molar-refractivity contribution in [2.45, 2.75) is 38.6 Å². The lowest BCUT2D eigenvalue weighted by molar-refractivity contribution is 0.463. The van der Waals surface area contributed by atoms with E-state index in [9.17, 15) is 0 Å². The van der Waals surface area contributed by atoms with Crippen molar-refractivity contribution in [2.24, 2.45) is 18.7 Å². The highest BCUT2D eigenvalue weighted by atomic mass is 15.3. The van der Waals surface area contributed by atoms with Crippen LogP contribution in [0.5, 0.6) is 0 Å². The molecule has 1 aromatic rings. The van der Waals surface area contributed by atoms with Crippen LogP contribution >= 0.6 is 0 Å². The van der Waals surface area contributed by atoms with Crippen LogP contribution < -0.4 is 5.73 Å². The van der Waals surface area contributed by atoms with Crippen molar-refractivity contribution < 1.29 is 0 Å². The molecule has 0 bridgehead atoms. The van der Waals surface area contributed by atoms with Gasteiger partial charge in [0.1, 0.15) is 0 Å². The van der Waals surface area contributed by atoms with Crippen LogP contribution in [0.15, 0.2) is 6.07 Å². The van der Waals surface area contributed by atoms with E-state index in [4.69, 9.17) is 5.73 Å². The quantitative estimate of drug-likeness (QED) is 0.771. The van der Waals surface area contributed by atoms with Gasteiger partial charge in [-0.25, -0.2) is 0 Å². The number of hydrogen-bond acceptors (Lipinski definition) is 2. The van der Waals surface area contributed by atoms with Crippen LogP contribution in [0.1, 0.15) is 30.7 Å². The topological polar surface area (TPSA) is 43.8 Å². The van der Waals surface area contributed by atoms with E-state index in [-0.39, 0.29) is 0 Å². The van der Waals surface area contributed by atoms with E-state index in [0.29, 0.717) is 12.0 Å². The summed E-state index contributed by atoms with van der Waals surface area (Å²) in [5, 5.41) is 4.35. The Morgan fingerprint density at radius 1 is 1.57 bits per heavy atom. The first-order valence-corrected chi connectivity index (χ1v) is 5.42. The summed E-state index contributed by atoms with van der Waals surface area (Å²) in [6.07, 6.45) is 4.87. The van der Waals surface area contributed by atoms with Gasteiger partial charge in [-0.1, -0.05) is 6.42 Å². The van der Waals surface area contributed by atoms with Gasteiger partial charge in [-0.3, -0.25) is 4.68 Å². The fraction of sp³-hybridized carbons (Fsp3) is 0.727. The first kappa shape index (κ1) is 9.71. The third kappa shape index (κ3) is 1.82. The molecule has 78 valence electrons. The largest absolute Gasteiger partial charge is 0.327 e. The fourth-order valence-electron chi connectivity index (χ4n) is 2.44. The van der Waals surface area contributed by atoms with E-state index < -0.39 is 0 Å². The van der Waals surface area contributed by atoms with Gasteiger partial charge >= 0.3 is 0 Å². The van der Waals surface area contributed by atoms with Crippen LogP contribution in [0.3, 0.4) is 0 Å². The number of nitrogens with zero attached hydrogens (tertiary/aromatic N) is 2. The fourth-order valence-corrected chi connectivity index (χ4v) is 2.44. The molecule has 1 aliphatic rings. The average Bonchev–Trinajstić information content (AvgIpc) is 2.62. The molecule has 3 nitrogen and oxygen atoms in total. The lowest BCUT2D eigenvalue weighted by atomic mass is 9.98. The van der Waals surface area contributed by atoms with E-state index in [2.05, 4.69) is 11.2 Å². The smallest absolute Gasteiger partial charge is 0.0596 e. The van der Waals surface area contributed by atoms with E-state index >= 15 is 0 Å². The summed E-state index contributed by atoms with van der Waals surface area (Å²) in [5.41, 5.74) is 8.48. The maximum atomic E-state index is 6.05. The molecule has 2 rings (SSSR count).